The smallest absolute Gasteiger partial charge is 0.194 e. The number of carbonyl (C=O) groups is 1. The number of carbonyl (C=O) groups excluding carboxylic acids is 1. The van der Waals surface area contributed by atoms with Crippen molar-refractivity contribution in [1.29, 1.82) is 0 Å². The molecule has 0 aromatic carbocycles. The van der Waals surface area contributed by atoms with Crippen molar-refractivity contribution in [3.05, 3.63) is 28.7 Å². The fourth-order valence-electron chi connectivity index (χ4n) is 2.83. The molecule has 0 atom stereocenters. The summed E-state index contributed by atoms with van der Waals surface area (Å²) < 4.78 is 2.03. The largest absolute Gasteiger partial charge is 0.383 e. The number of aryl methyl sites for hydroxylation is 1. The van der Waals surface area contributed by atoms with Crippen molar-refractivity contribution >= 4 is 5.78 Å². The third kappa shape index (κ3) is 2.51. The average molecular weight is 275 g/mol. The number of rotatable bonds is 3. The van der Waals surface area contributed by atoms with Crippen LogP contribution in [-0.4, -0.2) is 34.6 Å². The van der Waals surface area contributed by atoms with E-state index < -0.39 is 0 Å². The third-order valence-corrected chi connectivity index (χ3v) is 3.62. The first-order valence-corrected chi connectivity index (χ1v) is 7.36. The predicted octanol–water partition coefficient (Wildman–Crippen LogP) is 3.16. The summed E-state index contributed by atoms with van der Waals surface area (Å²) in [4.78, 5) is 14.7. The van der Waals surface area contributed by atoms with Crippen LogP contribution in [0.25, 0.3) is 0 Å². The summed E-state index contributed by atoms with van der Waals surface area (Å²) in [5.41, 5.74) is 3.81. The van der Waals surface area contributed by atoms with Gasteiger partial charge in [0.1, 0.15) is 0 Å². The highest BCUT2D eigenvalue weighted by molar-refractivity contribution is 6.11. The van der Waals surface area contributed by atoms with Crippen LogP contribution in [0.2, 0.25) is 0 Å². The second kappa shape index (κ2) is 5.43. The number of fused-ring (bicyclic) bond motifs is 1. The van der Waals surface area contributed by atoms with Gasteiger partial charge < -0.3 is 4.90 Å². The maximum Gasteiger partial charge on any atom is 0.194 e. The fourth-order valence-corrected chi connectivity index (χ4v) is 2.83. The molecule has 1 aromatic heterocycles. The molecule has 0 saturated carbocycles. The van der Waals surface area contributed by atoms with Gasteiger partial charge in [-0.25, -0.2) is 0 Å². The summed E-state index contributed by atoms with van der Waals surface area (Å²) >= 11 is 0. The first-order chi connectivity index (χ1) is 9.32. The van der Waals surface area contributed by atoms with Gasteiger partial charge in [0.2, 0.25) is 0 Å². The first kappa shape index (κ1) is 14.8. The zero-order valence-corrected chi connectivity index (χ0v) is 13.4. The van der Waals surface area contributed by atoms with E-state index in [-0.39, 0.29) is 11.8 Å². The molecular weight excluding hydrogens is 250 g/mol. The molecule has 0 radical (unpaired) electrons. The van der Waals surface area contributed by atoms with Crippen LogP contribution in [0.1, 0.15) is 67.8 Å². The van der Waals surface area contributed by atoms with Gasteiger partial charge in [0.25, 0.3) is 0 Å². The number of allylic oxidation sites excluding steroid dienone is 1. The average Bonchev–Trinajstić information content (AvgIpc) is 2.72. The predicted molar refractivity (Wildman–Crippen MR) is 81.1 cm³/mol. The Labute approximate surface area is 121 Å². The Balaban J connectivity index is 2.57. The summed E-state index contributed by atoms with van der Waals surface area (Å²) in [5, 5.41) is 4.69. The monoisotopic (exact) mass is 275 g/mol. The van der Waals surface area contributed by atoms with E-state index in [1.54, 1.807) is 0 Å². The minimum absolute atomic E-state index is 0.163. The summed E-state index contributed by atoms with van der Waals surface area (Å²) in [6.45, 7) is 8.50. The fraction of sp³-hybridized carbons (Fsp3) is 0.625. The van der Waals surface area contributed by atoms with E-state index in [1.807, 2.05) is 29.9 Å². The molecular formula is C16H25N3O. The summed E-state index contributed by atoms with van der Waals surface area (Å²) in [6, 6.07) is 0.284. The van der Waals surface area contributed by atoms with Gasteiger partial charge in [0.15, 0.2) is 5.78 Å². The van der Waals surface area contributed by atoms with Gasteiger partial charge in [-0.05, 0) is 32.6 Å². The quantitative estimate of drug-likeness (QED) is 0.795. The highest BCUT2D eigenvalue weighted by Crippen LogP contribution is 2.32. The SMILES string of the molecule is CC(C)c1c2c(nn1C(C)C)CC/C(=C\N(C)C)C2=O. The number of nitrogens with zero attached hydrogens (tertiary/aromatic N) is 3. The Morgan fingerprint density at radius 1 is 1.20 bits per heavy atom. The Kier molecular flexibility index (Phi) is 4.02. The molecule has 0 fully saturated rings. The molecule has 0 aliphatic heterocycles. The number of Topliss-reactive ketones (excluding diaryl/α,β-unsaturated/α-hetero) is 1. The molecule has 1 heterocycles. The van der Waals surface area contributed by atoms with E-state index in [2.05, 4.69) is 27.7 Å². The van der Waals surface area contributed by atoms with Crippen LogP contribution in [0.3, 0.4) is 0 Å². The molecule has 1 aliphatic rings. The lowest BCUT2D eigenvalue weighted by molar-refractivity contribution is 0.102. The lowest BCUT2D eigenvalue weighted by Crippen LogP contribution is -2.18. The highest BCUT2D eigenvalue weighted by Gasteiger charge is 2.31. The maximum atomic E-state index is 12.8. The molecule has 4 heteroatoms. The summed E-state index contributed by atoms with van der Waals surface area (Å²) in [6.07, 6.45) is 3.60. The molecule has 0 amide bonds. The van der Waals surface area contributed by atoms with Gasteiger partial charge in [-0.3, -0.25) is 9.48 Å². The third-order valence-electron chi connectivity index (χ3n) is 3.62. The van der Waals surface area contributed by atoms with Crippen molar-refractivity contribution in [2.45, 2.75) is 52.5 Å². The first-order valence-electron chi connectivity index (χ1n) is 7.36. The van der Waals surface area contributed by atoms with E-state index in [4.69, 9.17) is 5.10 Å². The van der Waals surface area contributed by atoms with E-state index in [0.717, 1.165) is 35.4 Å². The Hall–Kier alpha value is -1.58. The molecule has 0 spiro atoms. The molecule has 0 unspecified atom stereocenters. The molecule has 20 heavy (non-hydrogen) atoms. The summed E-state index contributed by atoms with van der Waals surface area (Å²) in [7, 11) is 3.91. The highest BCUT2D eigenvalue weighted by atomic mass is 16.1. The second-order valence-electron chi connectivity index (χ2n) is 6.35. The van der Waals surface area contributed by atoms with Gasteiger partial charge in [-0.1, -0.05) is 13.8 Å². The van der Waals surface area contributed by atoms with Crippen LogP contribution in [0.15, 0.2) is 11.8 Å². The zero-order chi connectivity index (χ0) is 15.0. The van der Waals surface area contributed by atoms with E-state index in [9.17, 15) is 4.79 Å². The second-order valence-corrected chi connectivity index (χ2v) is 6.35. The van der Waals surface area contributed by atoms with Crippen LogP contribution in [0, 0.1) is 0 Å². The number of hydrogen-bond acceptors (Lipinski definition) is 3. The summed E-state index contributed by atoms with van der Waals surface area (Å²) in [5.74, 6) is 0.465. The number of ketones is 1. The minimum atomic E-state index is 0.163. The zero-order valence-electron chi connectivity index (χ0n) is 13.4. The van der Waals surface area contributed by atoms with E-state index >= 15 is 0 Å². The van der Waals surface area contributed by atoms with Gasteiger partial charge >= 0.3 is 0 Å². The van der Waals surface area contributed by atoms with Crippen LogP contribution in [-0.2, 0) is 6.42 Å². The van der Waals surface area contributed by atoms with Gasteiger partial charge in [-0.15, -0.1) is 0 Å². The van der Waals surface area contributed by atoms with Crippen LogP contribution < -0.4 is 0 Å². The molecule has 1 aliphatic carbocycles. The molecule has 110 valence electrons. The topological polar surface area (TPSA) is 38.1 Å². The van der Waals surface area contributed by atoms with E-state index in [0.29, 0.717) is 5.92 Å². The van der Waals surface area contributed by atoms with Crippen LogP contribution in [0.5, 0.6) is 0 Å². The molecule has 0 N–H and O–H groups in total. The molecule has 1 aromatic rings. The maximum absolute atomic E-state index is 12.8. The number of hydrogen-bond donors (Lipinski definition) is 0. The lowest BCUT2D eigenvalue weighted by atomic mass is 9.88. The Morgan fingerprint density at radius 3 is 2.35 bits per heavy atom. The van der Waals surface area contributed by atoms with Gasteiger partial charge in [0.05, 0.1) is 17.0 Å². The molecule has 2 rings (SSSR count). The molecule has 4 nitrogen and oxygen atoms in total. The Bertz CT molecular complexity index is 550. The standard InChI is InChI=1S/C16H25N3O/c1-10(2)15-14-13(17-19(15)11(3)4)8-7-12(16(14)20)9-18(5)6/h9-11H,7-8H2,1-6H3/b12-9+. The van der Waals surface area contributed by atoms with Gasteiger partial charge in [-0.2, -0.15) is 5.10 Å². The van der Waals surface area contributed by atoms with Crippen molar-refractivity contribution in [1.82, 2.24) is 14.7 Å². The van der Waals surface area contributed by atoms with Crippen LogP contribution >= 0.6 is 0 Å². The Morgan fingerprint density at radius 2 is 1.85 bits per heavy atom. The van der Waals surface area contributed by atoms with Gasteiger partial charge in [0, 0.05) is 31.9 Å². The lowest BCUT2D eigenvalue weighted by Gasteiger charge is -2.18. The van der Waals surface area contributed by atoms with E-state index in [1.165, 1.54) is 0 Å². The van der Waals surface area contributed by atoms with Crippen molar-refractivity contribution < 1.29 is 4.79 Å². The molecule has 0 bridgehead atoms. The van der Waals surface area contributed by atoms with Crippen molar-refractivity contribution in [2.75, 3.05) is 14.1 Å². The van der Waals surface area contributed by atoms with Crippen molar-refractivity contribution in [2.24, 2.45) is 0 Å². The minimum Gasteiger partial charge on any atom is -0.383 e. The molecule has 0 saturated heterocycles. The number of aromatic nitrogens is 2. The van der Waals surface area contributed by atoms with Crippen molar-refractivity contribution in [3.63, 3.8) is 0 Å². The normalized spacial score (nSPS) is 17.2. The van der Waals surface area contributed by atoms with Crippen molar-refractivity contribution in [3.8, 4) is 0 Å². The van der Waals surface area contributed by atoms with Crippen LogP contribution in [0.4, 0.5) is 0 Å².